The molecule has 1 fully saturated rings. The molecule has 0 spiro atoms. The number of nitrogens with one attached hydrogen (secondary N) is 1. The van der Waals surface area contributed by atoms with Crippen LogP contribution in [-0.4, -0.2) is 93.4 Å². The van der Waals surface area contributed by atoms with Crippen molar-refractivity contribution in [1.29, 1.82) is 0 Å². The number of hydrogen-bond donors (Lipinski definition) is 2. The van der Waals surface area contributed by atoms with Gasteiger partial charge in [-0.1, -0.05) is 6.08 Å². The Bertz CT molecular complexity index is 1030. The highest BCUT2D eigenvalue weighted by Crippen LogP contribution is 2.36. The molecule has 1 saturated heterocycles. The van der Waals surface area contributed by atoms with E-state index in [1.165, 1.54) is 6.42 Å². The minimum absolute atomic E-state index is 0.111. The van der Waals surface area contributed by atoms with Crippen molar-refractivity contribution in [3.8, 4) is 11.5 Å². The molecule has 8 nitrogen and oxygen atoms in total. The van der Waals surface area contributed by atoms with Crippen LogP contribution in [0.1, 0.15) is 18.5 Å². The Kier molecular flexibility index (Phi) is 7.47. The van der Waals surface area contributed by atoms with E-state index < -0.39 is 0 Å². The number of aromatic nitrogens is 1. The third kappa shape index (κ3) is 5.29. The molecule has 0 aliphatic carbocycles. The molecule has 0 bridgehead atoms. The summed E-state index contributed by atoms with van der Waals surface area (Å²) in [5, 5.41) is 14.3. The minimum atomic E-state index is 0.111. The molecule has 2 unspecified atom stereocenters. The van der Waals surface area contributed by atoms with Crippen molar-refractivity contribution >= 4 is 28.4 Å². The molecule has 0 saturated carbocycles. The van der Waals surface area contributed by atoms with Crippen LogP contribution in [0, 0.1) is 5.92 Å². The van der Waals surface area contributed by atoms with Gasteiger partial charge >= 0.3 is 0 Å². The summed E-state index contributed by atoms with van der Waals surface area (Å²) in [6.07, 6.45) is 6.60. The highest BCUT2D eigenvalue weighted by atomic mass is 16.5. The number of rotatable bonds is 10. The van der Waals surface area contributed by atoms with Crippen molar-refractivity contribution in [3.63, 3.8) is 0 Å². The smallest absolute Gasteiger partial charge is 0.162 e. The van der Waals surface area contributed by atoms with Gasteiger partial charge in [0.2, 0.25) is 0 Å². The van der Waals surface area contributed by atoms with Gasteiger partial charge in [0, 0.05) is 74.1 Å². The maximum Gasteiger partial charge on any atom is 0.162 e. The average Bonchev–Trinajstić information content (AvgIpc) is 2.79. The summed E-state index contributed by atoms with van der Waals surface area (Å²) in [5.41, 5.74) is 3.67. The highest BCUT2D eigenvalue weighted by Gasteiger charge is 2.24. The molecule has 2 N–H and O–H groups in total. The van der Waals surface area contributed by atoms with Gasteiger partial charge in [-0.3, -0.25) is 9.89 Å². The Labute approximate surface area is 195 Å². The van der Waals surface area contributed by atoms with Crippen molar-refractivity contribution in [2.75, 3.05) is 66.4 Å². The summed E-state index contributed by atoms with van der Waals surface area (Å²) in [4.78, 5) is 14.2. The molecule has 1 aromatic carbocycles. The topological polar surface area (TPSA) is 82.5 Å². The second-order valence-electron chi connectivity index (χ2n) is 9.01. The number of aliphatic hydroxyl groups excluding tert-OH is 1. The van der Waals surface area contributed by atoms with Crippen LogP contribution in [0.2, 0.25) is 0 Å². The fraction of sp³-hybridized carbons (Fsp3) is 0.520. The number of nitrogens with zero attached hydrogens (tertiary/aromatic N) is 4. The number of likely N-dealkylation sites (tertiary alicyclic amines) is 1. The molecule has 33 heavy (non-hydrogen) atoms. The molecule has 8 heteroatoms. The Morgan fingerprint density at radius 1 is 1.18 bits per heavy atom. The van der Waals surface area contributed by atoms with E-state index in [-0.39, 0.29) is 18.7 Å². The number of fused-ring (bicyclic) bond motifs is 1. The first-order valence-electron chi connectivity index (χ1n) is 11.6. The maximum absolute atomic E-state index is 9.82. The van der Waals surface area contributed by atoms with Crippen molar-refractivity contribution in [2.24, 2.45) is 10.9 Å². The quantitative estimate of drug-likeness (QED) is 0.572. The van der Waals surface area contributed by atoms with Crippen LogP contribution in [0.15, 0.2) is 29.3 Å². The summed E-state index contributed by atoms with van der Waals surface area (Å²) in [5.74, 6) is 1.41. The minimum Gasteiger partial charge on any atom is -0.493 e. The third-order valence-corrected chi connectivity index (χ3v) is 6.32. The first-order valence-corrected chi connectivity index (χ1v) is 11.6. The van der Waals surface area contributed by atoms with E-state index in [1.807, 2.05) is 32.4 Å². The van der Waals surface area contributed by atoms with E-state index in [1.54, 1.807) is 14.2 Å². The first-order chi connectivity index (χ1) is 16.0. The van der Waals surface area contributed by atoms with Crippen LogP contribution in [0.25, 0.3) is 16.5 Å². The lowest BCUT2D eigenvalue weighted by molar-refractivity contribution is 0.124. The number of pyridine rings is 1. The summed E-state index contributed by atoms with van der Waals surface area (Å²) in [7, 11) is 7.30. The fourth-order valence-corrected chi connectivity index (χ4v) is 4.37. The number of ether oxygens (including phenoxy) is 2. The highest BCUT2D eigenvalue weighted by molar-refractivity contribution is 6.11. The van der Waals surface area contributed by atoms with E-state index >= 15 is 0 Å². The van der Waals surface area contributed by atoms with Crippen molar-refractivity contribution in [1.82, 2.24) is 14.8 Å². The predicted molar refractivity (Wildman–Crippen MR) is 134 cm³/mol. The molecule has 178 valence electrons. The lowest BCUT2D eigenvalue weighted by Gasteiger charge is -2.36. The Morgan fingerprint density at radius 2 is 1.94 bits per heavy atom. The zero-order valence-corrected chi connectivity index (χ0v) is 20.0. The Hall–Kier alpha value is -2.68. The molecular formula is C25H35N5O3. The van der Waals surface area contributed by atoms with Crippen LogP contribution in [0.4, 0.5) is 5.69 Å². The van der Waals surface area contributed by atoms with Gasteiger partial charge in [0.15, 0.2) is 11.5 Å². The SMILES string of the molecule is COc1cc2nc(C3=CCC(N4CCC4)N=C3)cc(NCC(CO)CN(C)C)c2cc1OC. The molecule has 1 aromatic heterocycles. The predicted octanol–water partition coefficient (Wildman–Crippen LogP) is 2.72. The number of aliphatic hydroxyl groups is 1. The Morgan fingerprint density at radius 3 is 2.52 bits per heavy atom. The van der Waals surface area contributed by atoms with Gasteiger partial charge in [-0.25, -0.2) is 4.98 Å². The molecule has 2 aromatic rings. The first kappa shape index (κ1) is 23.5. The summed E-state index contributed by atoms with van der Waals surface area (Å²) in [6.45, 7) is 3.83. The van der Waals surface area contributed by atoms with Crippen LogP contribution in [0.3, 0.4) is 0 Å². The van der Waals surface area contributed by atoms with Gasteiger partial charge in [0.05, 0.1) is 25.4 Å². The van der Waals surface area contributed by atoms with Gasteiger partial charge < -0.3 is 24.8 Å². The summed E-state index contributed by atoms with van der Waals surface area (Å²) < 4.78 is 11.0. The molecule has 0 radical (unpaired) electrons. The second-order valence-corrected chi connectivity index (χ2v) is 9.01. The number of aliphatic imine (C=N–C) groups is 1. The van der Waals surface area contributed by atoms with Gasteiger partial charge in [-0.2, -0.15) is 0 Å². The normalized spacial score (nSPS) is 19.3. The molecule has 0 amide bonds. The molecule has 3 heterocycles. The standard InChI is InChI=1S/C25H35N5O3/c1-29(2)15-17(16-31)13-26-21-11-20(18-6-7-25(27-14-18)30-8-5-9-30)28-22-12-24(33-4)23(32-3)10-19(21)22/h6,10-12,14,17,25,31H,5,7-9,13,15-16H2,1-4H3,(H,26,28). The van der Waals surface area contributed by atoms with Gasteiger partial charge in [-0.05, 0) is 32.6 Å². The number of benzene rings is 1. The van der Waals surface area contributed by atoms with Crippen LogP contribution in [-0.2, 0) is 0 Å². The van der Waals surface area contributed by atoms with Crippen molar-refractivity contribution < 1.29 is 14.6 Å². The maximum atomic E-state index is 9.82. The largest absolute Gasteiger partial charge is 0.493 e. The number of dihydropyridines is 1. The summed E-state index contributed by atoms with van der Waals surface area (Å²) >= 11 is 0. The zero-order valence-electron chi connectivity index (χ0n) is 20.0. The molecule has 4 rings (SSSR count). The van der Waals surface area contributed by atoms with Gasteiger partial charge in [-0.15, -0.1) is 0 Å². The second kappa shape index (κ2) is 10.5. The monoisotopic (exact) mass is 453 g/mol. The fourth-order valence-electron chi connectivity index (χ4n) is 4.37. The number of anilines is 1. The Balaban J connectivity index is 1.67. The molecule has 2 atom stereocenters. The number of allylic oxidation sites excluding steroid dienone is 1. The molecule has 2 aliphatic rings. The average molecular weight is 454 g/mol. The van der Waals surface area contributed by atoms with E-state index in [2.05, 4.69) is 27.3 Å². The van der Waals surface area contributed by atoms with Crippen molar-refractivity contribution in [3.05, 3.63) is 30.0 Å². The lowest BCUT2D eigenvalue weighted by Crippen LogP contribution is -2.44. The van der Waals surface area contributed by atoms with Crippen LogP contribution >= 0.6 is 0 Å². The number of methoxy groups -OCH3 is 2. The van der Waals surface area contributed by atoms with Crippen LogP contribution < -0.4 is 14.8 Å². The van der Waals surface area contributed by atoms with E-state index in [4.69, 9.17) is 19.5 Å². The van der Waals surface area contributed by atoms with Gasteiger partial charge in [0.25, 0.3) is 0 Å². The van der Waals surface area contributed by atoms with E-state index in [9.17, 15) is 5.11 Å². The molecular weight excluding hydrogens is 418 g/mol. The van der Waals surface area contributed by atoms with Gasteiger partial charge in [0.1, 0.15) is 6.17 Å². The molecule has 2 aliphatic heterocycles. The van der Waals surface area contributed by atoms with Crippen molar-refractivity contribution in [2.45, 2.75) is 19.0 Å². The van der Waals surface area contributed by atoms with E-state index in [0.717, 1.165) is 53.9 Å². The summed E-state index contributed by atoms with van der Waals surface area (Å²) in [6, 6.07) is 5.94. The van der Waals surface area contributed by atoms with E-state index in [0.29, 0.717) is 18.0 Å². The lowest BCUT2D eigenvalue weighted by atomic mass is 10.0. The number of hydrogen-bond acceptors (Lipinski definition) is 8. The van der Waals surface area contributed by atoms with Crippen LogP contribution in [0.5, 0.6) is 11.5 Å². The zero-order chi connectivity index (χ0) is 23.4. The third-order valence-electron chi connectivity index (χ3n) is 6.32.